The summed E-state index contributed by atoms with van der Waals surface area (Å²) in [7, 11) is 1.62. The second kappa shape index (κ2) is 8.61. The third kappa shape index (κ3) is 3.46. The molecule has 39 heavy (non-hydrogen) atoms. The van der Waals surface area contributed by atoms with Crippen molar-refractivity contribution in [3.8, 4) is 0 Å². The number of imide groups is 1. The van der Waals surface area contributed by atoms with Gasteiger partial charge in [0.1, 0.15) is 16.9 Å². The van der Waals surface area contributed by atoms with Gasteiger partial charge in [0.05, 0.1) is 17.3 Å². The van der Waals surface area contributed by atoms with Crippen LogP contribution in [0.15, 0.2) is 36.4 Å². The van der Waals surface area contributed by atoms with Gasteiger partial charge in [0, 0.05) is 23.9 Å². The quantitative estimate of drug-likeness (QED) is 0.446. The largest absolute Gasteiger partial charge is 0.466 e. The van der Waals surface area contributed by atoms with E-state index in [0.717, 1.165) is 16.0 Å². The highest BCUT2D eigenvalue weighted by Gasteiger charge is 2.77. The highest BCUT2D eigenvalue weighted by Crippen LogP contribution is 2.60. The van der Waals surface area contributed by atoms with E-state index < -0.39 is 46.3 Å². The lowest BCUT2D eigenvalue weighted by molar-refractivity contribution is -0.156. The lowest BCUT2D eigenvalue weighted by Gasteiger charge is -2.34. The molecule has 0 radical (unpaired) electrons. The highest BCUT2D eigenvalue weighted by atomic mass is 32.1. The summed E-state index contributed by atoms with van der Waals surface area (Å²) in [5.41, 5.74) is -1.16. The standard InChI is InChI=1S/C29H31N3O6S/c1-8-37-22(33)21-28(23(39)30-29(21)18-14-16(3)9-11-19(18)31(7)25(29)35)17-13-15(2)10-12-20(17)32(24(28)34)26(36)38-27(4,5)6/h9-14,21H,8H2,1-7H3,(H,30,39)/t21-,28-,29-/m0/s1. The minimum absolute atomic E-state index is 0.0175. The van der Waals surface area contributed by atoms with Crippen molar-refractivity contribution >= 4 is 52.5 Å². The van der Waals surface area contributed by atoms with Crippen LogP contribution in [0.25, 0.3) is 0 Å². The smallest absolute Gasteiger partial charge is 0.421 e. The number of ether oxygens (including phenoxy) is 2. The third-order valence-electron chi connectivity index (χ3n) is 7.57. The van der Waals surface area contributed by atoms with Crippen molar-refractivity contribution in [1.29, 1.82) is 0 Å². The van der Waals surface area contributed by atoms with E-state index in [4.69, 9.17) is 21.7 Å². The molecule has 3 aliphatic heterocycles. The number of benzene rings is 2. The number of anilines is 2. The van der Waals surface area contributed by atoms with Crippen molar-refractivity contribution in [2.45, 2.75) is 58.1 Å². The molecule has 0 saturated carbocycles. The van der Waals surface area contributed by atoms with E-state index in [1.807, 2.05) is 26.0 Å². The minimum atomic E-state index is -1.89. The number of esters is 1. The molecule has 204 valence electrons. The fourth-order valence-electron chi connectivity index (χ4n) is 6.08. The predicted octanol–water partition coefficient (Wildman–Crippen LogP) is 3.80. The second-order valence-electron chi connectivity index (χ2n) is 11.3. The number of carbonyl (C=O) groups excluding carboxylic acids is 4. The second-order valence-corrected chi connectivity index (χ2v) is 11.7. The van der Waals surface area contributed by atoms with E-state index in [1.54, 1.807) is 59.0 Å². The first-order valence-corrected chi connectivity index (χ1v) is 13.2. The van der Waals surface area contributed by atoms with E-state index in [1.165, 1.54) is 4.90 Å². The number of aryl methyl sites for hydroxylation is 2. The zero-order valence-electron chi connectivity index (χ0n) is 23.0. The number of rotatable bonds is 2. The molecule has 3 aliphatic rings. The van der Waals surface area contributed by atoms with Crippen molar-refractivity contribution in [3.63, 3.8) is 0 Å². The van der Waals surface area contributed by atoms with Crippen molar-refractivity contribution in [2.75, 3.05) is 23.5 Å². The average Bonchev–Trinajstić information content (AvgIpc) is 3.34. The van der Waals surface area contributed by atoms with Crippen LogP contribution in [0.3, 0.4) is 0 Å². The molecule has 1 saturated heterocycles. The summed E-state index contributed by atoms with van der Waals surface area (Å²) in [4.78, 5) is 58.6. The van der Waals surface area contributed by atoms with E-state index in [2.05, 4.69) is 5.32 Å². The van der Waals surface area contributed by atoms with Gasteiger partial charge < -0.3 is 19.7 Å². The Morgan fingerprint density at radius 2 is 1.59 bits per heavy atom. The Morgan fingerprint density at radius 1 is 1.00 bits per heavy atom. The van der Waals surface area contributed by atoms with E-state index in [-0.39, 0.29) is 17.3 Å². The molecule has 2 spiro atoms. The van der Waals surface area contributed by atoms with Crippen LogP contribution in [-0.2, 0) is 34.8 Å². The molecule has 2 aromatic rings. The highest BCUT2D eigenvalue weighted by molar-refractivity contribution is 7.80. The topological polar surface area (TPSA) is 105 Å². The predicted molar refractivity (Wildman–Crippen MR) is 149 cm³/mol. The molecule has 0 bridgehead atoms. The van der Waals surface area contributed by atoms with Crippen LogP contribution < -0.4 is 15.1 Å². The van der Waals surface area contributed by atoms with Crippen LogP contribution in [-0.4, -0.2) is 48.1 Å². The summed E-state index contributed by atoms with van der Waals surface area (Å²) in [5, 5.41) is 3.15. The van der Waals surface area contributed by atoms with Crippen LogP contribution in [0.5, 0.6) is 0 Å². The summed E-state index contributed by atoms with van der Waals surface area (Å²) in [6.45, 7) is 10.5. The fraction of sp³-hybridized carbons (Fsp3) is 0.414. The van der Waals surface area contributed by atoms with Gasteiger partial charge in [0.2, 0.25) is 0 Å². The molecule has 0 aliphatic carbocycles. The average molecular weight is 550 g/mol. The summed E-state index contributed by atoms with van der Waals surface area (Å²) >= 11 is 5.89. The van der Waals surface area contributed by atoms with Gasteiger partial charge in [-0.3, -0.25) is 14.4 Å². The van der Waals surface area contributed by atoms with Crippen LogP contribution in [0.1, 0.15) is 49.9 Å². The maximum absolute atomic E-state index is 14.6. The molecule has 10 heteroatoms. The fourth-order valence-corrected chi connectivity index (χ4v) is 6.56. The Morgan fingerprint density at radius 3 is 2.18 bits per heavy atom. The van der Waals surface area contributed by atoms with Crippen molar-refractivity contribution in [1.82, 2.24) is 5.32 Å². The summed E-state index contributed by atoms with van der Waals surface area (Å²) in [5.74, 6) is -3.41. The Labute approximate surface area is 232 Å². The monoisotopic (exact) mass is 549 g/mol. The van der Waals surface area contributed by atoms with E-state index in [9.17, 15) is 19.2 Å². The van der Waals surface area contributed by atoms with Crippen LogP contribution >= 0.6 is 12.2 Å². The molecule has 3 atom stereocenters. The lowest BCUT2D eigenvalue weighted by atomic mass is 9.64. The molecule has 3 amide bonds. The maximum atomic E-state index is 14.6. The normalized spacial score (nSPS) is 25.3. The molecule has 0 unspecified atom stereocenters. The van der Waals surface area contributed by atoms with Gasteiger partial charge in [-0.05, 0) is 53.7 Å². The number of hydrogen-bond donors (Lipinski definition) is 1. The Bertz CT molecular complexity index is 1480. The number of carbonyl (C=O) groups is 4. The molecule has 1 N–H and O–H groups in total. The molecule has 3 heterocycles. The van der Waals surface area contributed by atoms with Crippen molar-refractivity contribution < 1.29 is 28.7 Å². The Balaban J connectivity index is 1.84. The number of nitrogens with zero attached hydrogens (tertiary/aromatic N) is 2. The Hall–Kier alpha value is -3.79. The molecular weight excluding hydrogens is 518 g/mol. The minimum Gasteiger partial charge on any atom is -0.466 e. The van der Waals surface area contributed by atoms with Crippen molar-refractivity contribution in [2.24, 2.45) is 5.92 Å². The van der Waals surface area contributed by atoms with Crippen LogP contribution in [0, 0.1) is 19.8 Å². The summed E-state index contributed by atoms with van der Waals surface area (Å²) in [6, 6.07) is 10.6. The van der Waals surface area contributed by atoms with Gasteiger partial charge in [-0.2, -0.15) is 0 Å². The van der Waals surface area contributed by atoms with Gasteiger partial charge >= 0.3 is 12.1 Å². The molecule has 1 fully saturated rings. The van der Waals surface area contributed by atoms with Crippen LogP contribution in [0.2, 0.25) is 0 Å². The maximum Gasteiger partial charge on any atom is 0.421 e. The molecule has 2 aromatic carbocycles. The van der Waals surface area contributed by atoms with Gasteiger partial charge in [0.25, 0.3) is 11.8 Å². The number of likely N-dealkylation sites (N-methyl/N-ethyl adjacent to an activating group) is 1. The van der Waals surface area contributed by atoms with Crippen molar-refractivity contribution in [3.05, 3.63) is 58.7 Å². The van der Waals surface area contributed by atoms with Gasteiger partial charge in [-0.15, -0.1) is 0 Å². The lowest BCUT2D eigenvalue weighted by Crippen LogP contribution is -2.57. The molecule has 9 nitrogen and oxygen atoms in total. The number of hydrogen-bond acceptors (Lipinski definition) is 7. The zero-order valence-corrected chi connectivity index (χ0v) is 23.8. The zero-order chi connectivity index (χ0) is 28.7. The first-order chi connectivity index (χ1) is 18.2. The number of thiocarbonyl (C=S) groups is 1. The number of amides is 3. The molecular formula is C29H31N3O6S. The molecule has 5 rings (SSSR count). The van der Waals surface area contributed by atoms with Gasteiger partial charge in [0.15, 0.2) is 5.54 Å². The number of fused-ring (bicyclic) bond motifs is 4. The van der Waals surface area contributed by atoms with Gasteiger partial charge in [-0.1, -0.05) is 47.6 Å². The first kappa shape index (κ1) is 26.8. The summed E-state index contributed by atoms with van der Waals surface area (Å²) in [6.07, 6.45) is -0.896. The summed E-state index contributed by atoms with van der Waals surface area (Å²) < 4.78 is 11.1. The van der Waals surface area contributed by atoms with Gasteiger partial charge in [-0.25, -0.2) is 9.69 Å². The van der Waals surface area contributed by atoms with E-state index in [0.29, 0.717) is 16.8 Å². The Kier molecular flexibility index (Phi) is 5.92. The molecule has 0 aromatic heterocycles. The van der Waals surface area contributed by atoms with Crippen LogP contribution in [0.4, 0.5) is 16.2 Å². The first-order valence-electron chi connectivity index (χ1n) is 12.8. The third-order valence-corrected chi connectivity index (χ3v) is 8.00. The SMILES string of the molecule is CCOC(=O)[C@H]1[C@]2(C(=O)N(C(=O)OC(C)(C)C)c3ccc(C)cc32)C(=S)N[C@]12C(=O)N(C)c1ccc(C)cc12. The van der Waals surface area contributed by atoms with E-state index >= 15 is 0 Å². The number of nitrogens with one attached hydrogen (secondary N) is 1.